The number of carbonyl (C=O) groups is 2. The van der Waals surface area contributed by atoms with Crippen LogP contribution in [0, 0.1) is 19.7 Å². The molecule has 0 fully saturated rings. The Morgan fingerprint density at radius 2 is 1.88 bits per heavy atom. The first kappa shape index (κ1) is 16.9. The first-order chi connectivity index (χ1) is 12.0. The molecule has 2 aromatic carbocycles. The Balaban J connectivity index is 1.88. The average Bonchev–Trinajstić information content (AvgIpc) is 2.59. The smallest absolute Gasteiger partial charge is 0.307 e. The number of hydrogen-bond acceptors (Lipinski definition) is 2. The number of nitrogens with zero attached hydrogens (tertiary/aromatic N) is 1. The Hall–Kier alpha value is -2.95. The van der Waals surface area contributed by atoms with Crippen LogP contribution in [0.2, 0.25) is 0 Å². The summed E-state index contributed by atoms with van der Waals surface area (Å²) in [6, 6.07) is 10.8. The maximum atomic E-state index is 13.2. The fourth-order valence-electron chi connectivity index (χ4n) is 2.86. The lowest BCUT2D eigenvalue weighted by Crippen LogP contribution is -2.37. The zero-order valence-corrected chi connectivity index (χ0v) is 14.1. The molecule has 2 amide bonds. The minimum atomic E-state index is -0.455. The second-order valence-electron chi connectivity index (χ2n) is 6.14. The van der Waals surface area contributed by atoms with E-state index < -0.39 is 6.04 Å². The van der Waals surface area contributed by atoms with E-state index in [4.69, 9.17) is 0 Å². The summed E-state index contributed by atoms with van der Waals surface area (Å²) in [7, 11) is 0. The Labute approximate surface area is 146 Å². The summed E-state index contributed by atoms with van der Waals surface area (Å²) in [5, 5.41) is 2.90. The molecule has 0 bridgehead atoms. The molecule has 3 rings (SSSR count). The van der Waals surface area contributed by atoms with Crippen LogP contribution in [0.1, 0.15) is 29.2 Å². The molecule has 1 heterocycles. The number of rotatable bonds is 2. The van der Waals surface area contributed by atoms with Crippen LogP contribution >= 0.6 is 0 Å². The number of urea groups is 1. The van der Waals surface area contributed by atoms with E-state index in [2.05, 4.69) is 5.32 Å². The summed E-state index contributed by atoms with van der Waals surface area (Å²) >= 11 is 0. The van der Waals surface area contributed by atoms with Crippen molar-refractivity contribution in [1.82, 2.24) is 4.90 Å². The average molecular weight is 338 g/mol. The predicted octanol–water partition coefficient (Wildman–Crippen LogP) is 4.50. The van der Waals surface area contributed by atoms with Gasteiger partial charge in [-0.1, -0.05) is 24.3 Å². The molecule has 25 heavy (non-hydrogen) atoms. The van der Waals surface area contributed by atoms with E-state index in [-0.39, 0.29) is 24.1 Å². The highest BCUT2D eigenvalue weighted by molar-refractivity contribution is 5.96. The number of benzene rings is 2. The van der Waals surface area contributed by atoms with Gasteiger partial charge in [-0.05, 0) is 54.8 Å². The van der Waals surface area contributed by atoms with Crippen LogP contribution in [0.25, 0.3) is 0 Å². The third-order valence-corrected chi connectivity index (χ3v) is 4.49. The van der Waals surface area contributed by atoms with Crippen LogP contribution in [0.3, 0.4) is 0 Å². The van der Waals surface area contributed by atoms with Gasteiger partial charge in [-0.15, -0.1) is 0 Å². The lowest BCUT2D eigenvalue weighted by molar-refractivity contribution is -0.116. The third kappa shape index (κ3) is 3.60. The molecular weight excluding hydrogens is 319 g/mol. The van der Waals surface area contributed by atoms with Crippen LogP contribution in [0.15, 0.2) is 54.7 Å². The van der Waals surface area contributed by atoms with E-state index in [1.54, 1.807) is 12.1 Å². The van der Waals surface area contributed by atoms with Gasteiger partial charge in [0.2, 0.25) is 0 Å². The van der Waals surface area contributed by atoms with Crippen molar-refractivity contribution in [2.75, 3.05) is 5.32 Å². The Morgan fingerprint density at radius 3 is 2.60 bits per heavy atom. The van der Waals surface area contributed by atoms with Crippen molar-refractivity contribution in [2.24, 2.45) is 0 Å². The lowest BCUT2D eigenvalue weighted by Gasteiger charge is -2.31. The Bertz CT molecular complexity index is 843. The SMILES string of the molecule is Cc1cccc(NC(=O)N2C=CC(=O)C[C@H]2c2ccc(F)cc2)c1C. The number of halogens is 1. The summed E-state index contributed by atoms with van der Waals surface area (Å²) in [6.07, 6.45) is 3.05. The first-order valence-corrected chi connectivity index (χ1v) is 8.08. The number of ketones is 1. The molecule has 0 unspecified atom stereocenters. The highest BCUT2D eigenvalue weighted by Gasteiger charge is 2.29. The minimum Gasteiger partial charge on any atom is -0.307 e. The van der Waals surface area contributed by atoms with Gasteiger partial charge in [-0.2, -0.15) is 0 Å². The van der Waals surface area contributed by atoms with E-state index in [1.807, 2.05) is 32.0 Å². The number of hydrogen-bond donors (Lipinski definition) is 1. The van der Waals surface area contributed by atoms with Crippen molar-refractivity contribution in [3.8, 4) is 0 Å². The predicted molar refractivity (Wildman–Crippen MR) is 94.7 cm³/mol. The van der Waals surface area contributed by atoms with Gasteiger partial charge in [0.25, 0.3) is 0 Å². The molecule has 0 saturated carbocycles. The van der Waals surface area contributed by atoms with Crippen molar-refractivity contribution < 1.29 is 14.0 Å². The van der Waals surface area contributed by atoms with Gasteiger partial charge < -0.3 is 5.32 Å². The van der Waals surface area contributed by atoms with Gasteiger partial charge in [0.05, 0.1) is 6.04 Å². The summed E-state index contributed by atoms with van der Waals surface area (Å²) in [4.78, 5) is 26.1. The van der Waals surface area contributed by atoms with Crippen molar-refractivity contribution >= 4 is 17.5 Å². The number of aryl methyl sites for hydroxylation is 1. The van der Waals surface area contributed by atoms with Crippen LogP contribution in [0.5, 0.6) is 0 Å². The zero-order chi connectivity index (χ0) is 18.0. The summed E-state index contributed by atoms with van der Waals surface area (Å²) in [5.41, 5.74) is 3.52. The van der Waals surface area contributed by atoms with Gasteiger partial charge in [-0.25, -0.2) is 9.18 Å². The van der Waals surface area contributed by atoms with Gasteiger partial charge in [0.15, 0.2) is 5.78 Å². The summed E-state index contributed by atoms with van der Waals surface area (Å²) < 4.78 is 13.2. The number of amides is 2. The highest BCUT2D eigenvalue weighted by Crippen LogP contribution is 2.30. The maximum Gasteiger partial charge on any atom is 0.326 e. The van der Waals surface area contributed by atoms with E-state index in [0.29, 0.717) is 0 Å². The normalized spacial score (nSPS) is 16.8. The van der Waals surface area contributed by atoms with Crippen molar-refractivity contribution in [3.05, 3.63) is 77.2 Å². The van der Waals surface area contributed by atoms with Gasteiger partial charge >= 0.3 is 6.03 Å². The van der Waals surface area contributed by atoms with Crippen molar-refractivity contribution in [2.45, 2.75) is 26.3 Å². The second-order valence-corrected chi connectivity index (χ2v) is 6.14. The number of nitrogens with one attached hydrogen (secondary N) is 1. The fraction of sp³-hybridized carbons (Fsp3) is 0.200. The minimum absolute atomic E-state index is 0.0647. The fourth-order valence-corrected chi connectivity index (χ4v) is 2.86. The zero-order valence-electron chi connectivity index (χ0n) is 14.1. The van der Waals surface area contributed by atoms with Crippen LogP contribution in [0.4, 0.5) is 14.9 Å². The molecule has 0 aliphatic carbocycles. The Morgan fingerprint density at radius 1 is 1.16 bits per heavy atom. The largest absolute Gasteiger partial charge is 0.326 e. The number of allylic oxidation sites excluding steroid dienone is 1. The summed E-state index contributed by atoms with van der Waals surface area (Å²) in [6.45, 7) is 3.92. The number of carbonyl (C=O) groups excluding carboxylic acids is 2. The van der Waals surface area contributed by atoms with Gasteiger partial charge in [0.1, 0.15) is 5.82 Å². The highest BCUT2D eigenvalue weighted by atomic mass is 19.1. The second kappa shape index (κ2) is 6.89. The van der Waals surface area contributed by atoms with Crippen LogP contribution < -0.4 is 5.32 Å². The molecular formula is C20H19FN2O2. The number of anilines is 1. The molecule has 0 saturated heterocycles. The monoisotopic (exact) mass is 338 g/mol. The molecule has 1 aliphatic rings. The standard InChI is InChI=1S/C20H19FN2O2/c1-13-4-3-5-18(14(13)2)22-20(25)23-11-10-17(24)12-19(23)15-6-8-16(21)9-7-15/h3-11,19H,12H2,1-2H3,(H,22,25)/t19-/m0/s1. The van der Waals surface area contributed by atoms with Crippen molar-refractivity contribution in [1.29, 1.82) is 0 Å². The first-order valence-electron chi connectivity index (χ1n) is 8.08. The lowest BCUT2D eigenvalue weighted by atomic mass is 9.97. The molecule has 2 aromatic rings. The molecule has 0 radical (unpaired) electrons. The quantitative estimate of drug-likeness (QED) is 0.876. The summed E-state index contributed by atoms with van der Waals surface area (Å²) in [5.74, 6) is -0.419. The molecule has 4 nitrogen and oxygen atoms in total. The van der Waals surface area contributed by atoms with E-state index in [9.17, 15) is 14.0 Å². The maximum absolute atomic E-state index is 13.2. The van der Waals surface area contributed by atoms with Crippen LogP contribution in [-0.2, 0) is 4.79 Å². The van der Waals surface area contributed by atoms with E-state index in [0.717, 1.165) is 22.4 Å². The molecule has 1 atom stereocenters. The molecule has 5 heteroatoms. The van der Waals surface area contributed by atoms with E-state index in [1.165, 1.54) is 29.3 Å². The van der Waals surface area contributed by atoms with Crippen molar-refractivity contribution in [3.63, 3.8) is 0 Å². The molecule has 1 N–H and O–H groups in total. The molecule has 0 spiro atoms. The van der Waals surface area contributed by atoms with E-state index >= 15 is 0 Å². The third-order valence-electron chi connectivity index (χ3n) is 4.49. The molecule has 0 aromatic heterocycles. The molecule has 1 aliphatic heterocycles. The van der Waals surface area contributed by atoms with Gasteiger partial charge in [-0.3, -0.25) is 9.69 Å². The van der Waals surface area contributed by atoms with Gasteiger partial charge in [0, 0.05) is 18.3 Å². The van der Waals surface area contributed by atoms with Crippen LogP contribution in [-0.4, -0.2) is 16.7 Å². The topological polar surface area (TPSA) is 49.4 Å². The Kier molecular flexibility index (Phi) is 4.65. The molecule has 128 valence electrons.